The average Bonchev–Trinajstić information content (AvgIpc) is 2.86. The van der Waals surface area contributed by atoms with Gasteiger partial charge >= 0.3 is 6.09 Å². The first kappa shape index (κ1) is 16.4. The minimum atomic E-state index is -0.427. The molecule has 1 amide bonds. The lowest BCUT2D eigenvalue weighted by Gasteiger charge is -2.16. The van der Waals surface area contributed by atoms with Crippen molar-refractivity contribution in [1.29, 1.82) is 0 Å². The van der Waals surface area contributed by atoms with Gasteiger partial charge in [-0.1, -0.05) is 25.2 Å². The van der Waals surface area contributed by atoms with Crippen molar-refractivity contribution < 1.29 is 13.9 Å². The zero-order valence-electron chi connectivity index (χ0n) is 13.0. The van der Waals surface area contributed by atoms with Crippen LogP contribution in [0.3, 0.4) is 0 Å². The molecule has 0 fully saturated rings. The monoisotopic (exact) mass is 323 g/mol. The fraction of sp³-hybridized carbons (Fsp3) is 0.400. The maximum Gasteiger partial charge on any atom is 0.414 e. The van der Waals surface area contributed by atoms with Crippen molar-refractivity contribution in [1.82, 2.24) is 9.97 Å². The van der Waals surface area contributed by atoms with E-state index in [1.807, 2.05) is 13.8 Å². The Morgan fingerprint density at radius 2 is 2.18 bits per heavy atom. The van der Waals surface area contributed by atoms with Crippen LogP contribution in [0.1, 0.15) is 19.5 Å². The largest absolute Gasteiger partial charge is 0.449 e. The van der Waals surface area contributed by atoms with Gasteiger partial charge in [0.25, 0.3) is 0 Å². The molecule has 7 heteroatoms. The molecule has 0 aromatic carbocycles. The van der Waals surface area contributed by atoms with Gasteiger partial charge in [0.1, 0.15) is 15.8 Å². The Labute approximate surface area is 132 Å². The molecular weight excluding hydrogens is 305 g/mol. The predicted molar refractivity (Wildman–Crippen MR) is 84.6 cm³/mol. The first-order valence-corrected chi connectivity index (χ1v) is 7.69. The fourth-order valence-corrected chi connectivity index (χ4v) is 2.77. The number of carbonyl (C=O) groups excluding carboxylic acids is 1. The van der Waals surface area contributed by atoms with Crippen LogP contribution in [0.25, 0.3) is 10.6 Å². The molecule has 0 radical (unpaired) electrons. The van der Waals surface area contributed by atoms with Gasteiger partial charge in [0.05, 0.1) is 18.5 Å². The Morgan fingerprint density at radius 1 is 1.45 bits per heavy atom. The number of anilines is 1. The lowest BCUT2D eigenvalue weighted by molar-refractivity contribution is 0.141. The van der Waals surface area contributed by atoms with Gasteiger partial charge in [-0.2, -0.15) is 0 Å². The van der Waals surface area contributed by atoms with Crippen LogP contribution in [0.15, 0.2) is 18.5 Å². The highest BCUT2D eigenvalue weighted by molar-refractivity contribution is 7.19. The molecule has 0 unspecified atom stereocenters. The van der Waals surface area contributed by atoms with Crippen molar-refractivity contribution in [2.75, 3.05) is 18.6 Å². The van der Waals surface area contributed by atoms with E-state index < -0.39 is 11.9 Å². The van der Waals surface area contributed by atoms with Crippen LogP contribution < -0.4 is 4.90 Å². The van der Waals surface area contributed by atoms with E-state index in [-0.39, 0.29) is 5.92 Å². The molecule has 0 aliphatic heterocycles. The van der Waals surface area contributed by atoms with E-state index in [1.54, 1.807) is 20.2 Å². The van der Waals surface area contributed by atoms with Crippen LogP contribution >= 0.6 is 11.3 Å². The van der Waals surface area contributed by atoms with Gasteiger partial charge in [-0.3, -0.25) is 9.88 Å². The van der Waals surface area contributed by atoms with Crippen molar-refractivity contribution in [2.24, 2.45) is 5.92 Å². The molecule has 22 heavy (non-hydrogen) atoms. The molecule has 0 aliphatic rings. The van der Waals surface area contributed by atoms with Gasteiger partial charge in [0.2, 0.25) is 0 Å². The molecular formula is C15H18FN3O2S. The highest BCUT2D eigenvalue weighted by atomic mass is 32.1. The molecule has 0 saturated heterocycles. The summed E-state index contributed by atoms with van der Waals surface area (Å²) in [6, 6.07) is 1.37. The summed E-state index contributed by atoms with van der Waals surface area (Å²) in [6.45, 7) is 6.11. The molecule has 0 aliphatic carbocycles. The number of aryl methyl sites for hydroxylation is 1. The Balaban J connectivity index is 2.20. The number of pyridine rings is 1. The number of hydrogen-bond acceptors (Lipinski definition) is 5. The van der Waals surface area contributed by atoms with Gasteiger partial charge in [0.15, 0.2) is 0 Å². The van der Waals surface area contributed by atoms with Gasteiger partial charge in [-0.25, -0.2) is 14.2 Å². The first-order valence-electron chi connectivity index (χ1n) is 6.87. The SMILES string of the molecule is Cc1nc(-c2cncc(F)c2)sc1N(C)C(=O)OCC(C)C. The zero-order chi connectivity index (χ0) is 16.3. The molecule has 0 spiro atoms. The van der Waals surface area contributed by atoms with Crippen molar-refractivity contribution >= 4 is 22.4 Å². The second kappa shape index (κ2) is 6.83. The number of ether oxygens (including phenoxy) is 1. The van der Waals surface area contributed by atoms with Crippen molar-refractivity contribution in [3.05, 3.63) is 30.0 Å². The van der Waals surface area contributed by atoms with Crippen LogP contribution in [0.4, 0.5) is 14.2 Å². The molecule has 0 atom stereocenters. The minimum absolute atomic E-state index is 0.272. The molecule has 0 bridgehead atoms. The van der Waals surface area contributed by atoms with E-state index in [4.69, 9.17) is 4.74 Å². The van der Waals surface area contributed by atoms with E-state index in [0.29, 0.717) is 27.9 Å². The molecule has 118 valence electrons. The second-order valence-electron chi connectivity index (χ2n) is 5.33. The average molecular weight is 323 g/mol. The summed E-state index contributed by atoms with van der Waals surface area (Å²) in [5.74, 6) is -0.148. The van der Waals surface area contributed by atoms with E-state index in [9.17, 15) is 9.18 Å². The maximum absolute atomic E-state index is 13.3. The van der Waals surface area contributed by atoms with E-state index >= 15 is 0 Å². The first-order chi connectivity index (χ1) is 10.4. The number of rotatable bonds is 4. The number of nitrogens with zero attached hydrogens (tertiary/aromatic N) is 3. The maximum atomic E-state index is 13.3. The van der Waals surface area contributed by atoms with E-state index in [0.717, 1.165) is 6.20 Å². The Morgan fingerprint density at radius 3 is 2.82 bits per heavy atom. The third-order valence-corrected chi connectivity index (χ3v) is 4.13. The molecule has 2 rings (SSSR count). The van der Waals surface area contributed by atoms with Gasteiger partial charge < -0.3 is 4.74 Å². The number of carbonyl (C=O) groups is 1. The second-order valence-corrected chi connectivity index (χ2v) is 6.31. The van der Waals surface area contributed by atoms with Gasteiger partial charge in [-0.05, 0) is 18.9 Å². The van der Waals surface area contributed by atoms with Crippen LogP contribution in [0, 0.1) is 18.7 Å². The highest BCUT2D eigenvalue weighted by Gasteiger charge is 2.19. The summed E-state index contributed by atoms with van der Waals surface area (Å²) >= 11 is 1.30. The number of hydrogen-bond donors (Lipinski definition) is 0. The van der Waals surface area contributed by atoms with Gasteiger partial charge in [0, 0.05) is 18.8 Å². The Bertz CT molecular complexity index is 673. The Hall–Kier alpha value is -2.02. The molecule has 2 aromatic heterocycles. The molecule has 5 nitrogen and oxygen atoms in total. The van der Waals surface area contributed by atoms with Crippen LogP contribution in [-0.2, 0) is 4.74 Å². The lowest BCUT2D eigenvalue weighted by atomic mass is 10.2. The summed E-state index contributed by atoms with van der Waals surface area (Å²) < 4.78 is 18.5. The standard InChI is InChI=1S/C15H18FN3O2S/c1-9(2)8-21-15(20)19(4)14-10(3)18-13(22-14)11-5-12(16)7-17-6-11/h5-7,9H,8H2,1-4H3. The smallest absolute Gasteiger partial charge is 0.414 e. The summed E-state index contributed by atoms with van der Waals surface area (Å²) in [5.41, 5.74) is 1.27. The number of halogens is 1. The fourth-order valence-electron chi connectivity index (χ4n) is 1.77. The predicted octanol–water partition coefficient (Wildman–Crippen LogP) is 3.88. The molecule has 2 heterocycles. The van der Waals surface area contributed by atoms with Gasteiger partial charge in [-0.15, -0.1) is 0 Å². The number of amides is 1. The van der Waals surface area contributed by atoms with Crippen molar-refractivity contribution in [2.45, 2.75) is 20.8 Å². The van der Waals surface area contributed by atoms with Crippen LogP contribution in [0.5, 0.6) is 0 Å². The Kier molecular flexibility index (Phi) is 5.07. The topological polar surface area (TPSA) is 55.3 Å². The third kappa shape index (κ3) is 3.79. The highest BCUT2D eigenvalue weighted by Crippen LogP contribution is 2.34. The number of thiazole rings is 1. The van der Waals surface area contributed by atoms with E-state index in [1.165, 1.54) is 22.3 Å². The summed E-state index contributed by atoms with van der Waals surface area (Å²) in [4.78, 5) is 21.6. The normalized spacial score (nSPS) is 10.8. The molecule has 2 aromatic rings. The quantitative estimate of drug-likeness (QED) is 0.857. The van der Waals surface area contributed by atoms with Crippen LogP contribution in [0.2, 0.25) is 0 Å². The van der Waals surface area contributed by atoms with Crippen molar-refractivity contribution in [3.8, 4) is 10.6 Å². The summed E-state index contributed by atoms with van der Waals surface area (Å²) in [6.07, 6.45) is 2.26. The number of aromatic nitrogens is 2. The summed E-state index contributed by atoms with van der Waals surface area (Å²) in [7, 11) is 1.64. The van der Waals surface area contributed by atoms with Crippen molar-refractivity contribution in [3.63, 3.8) is 0 Å². The zero-order valence-corrected chi connectivity index (χ0v) is 13.8. The third-order valence-electron chi connectivity index (χ3n) is 2.84. The van der Waals surface area contributed by atoms with Crippen LogP contribution in [-0.4, -0.2) is 29.7 Å². The lowest BCUT2D eigenvalue weighted by Crippen LogP contribution is -2.28. The van der Waals surface area contributed by atoms with E-state index in [2.05, 4.69) is 9.97 Å². The molecule has 0 saturated carbocycles. The summed E-state index contributed by atoms with van der Waals surface area (Å²) in [5, 5.41) is 1.29. The minimum Gasteiger partial charge on any atom is -0.449 e. The molecule has 0 N–H and O–H groups in total.